The zero-order valence-electron chi connectivity index (χ0n) is 21.6. The number of fused-ring (bicyclic) bond motifs is 2. The molecule has 2 atom stereocenters. The maximum atomic E-state index is 13.7. The topological polar surface area (TPSA) is 159 Å². The molecule has 4 heterocycles. The van der Waals surface area contributed by atoms with Gasteiger partial charge in [-0.1, -0.05) is 0 Å². The number of nitrogens with one attached hydrogen (secondary N) is 2. The Morgan fingerprint density at radius 2 is 2.05 bits per heavy atom. The van der Waals surface area contributed by atoms with Crippen molar-refractivity contribution in [3.05, 3.63) is 45.4 Å². The number of nitrogens with two attached hydrogens (primary N) is 1. The molecular formula is C25H30N6O5S3. The van der Waals surface area contributed by atoms with Gasteiger partial charge in [0.15, 0.2) is 5.01 Å². The van der Waals surface area contributed by atoms with Gasteiger partial charge in [0.1, 0.15) is 10.0 Å². The van der Waals surface area contributed by atoms with Gasteiger partial charge in [0, 0.05) is 53.8 Å². The van der Waals surface area contributed by atoms with Crippen LogP contribution in [0.1, 0.15) is 46.2 Å². The van der Waals surface area contributed by atoms with Crippen LogP contribution in [0.4, 0.5) is 0 Å². The molecule has 0 spiro atoms. The summed E-state index contributed by atoms with van der Waals surface area (Å²) in [5.41, 5.74) is 7.01. The number of hydrogen-bond acceptors (Lipinski definition) is 10. The zero-order valence-corrected chi connectivity index (χ0v) is 24.0. The van der Waals surface area contributed by atoms with Crippen LogP contribution >= 0.6 is 22.7 Å². The summed E-state index contributed by atoms with van der Waals surface area (Å²) in [5, 5.41) is 12.1. The quantitative estimate of drug-likeness (QED) is 0.214. The van der Waals surface area contributed by atoms with Gasteiger partial charge in [-0.05, 0) is 43.5 Å². The predicted octanol–water partition coefficient (Wildman–Crippen LogP) is 2.14. The number of nitrogen functional groups attached to an aromatic ring is 1. The molecule has 2 aliphatic heterocycles. The van der Waals surface area contributed by atoms with Gasteiger partial charge in [-0.2, -0.15) is 4.31 Å². The fourth-order valence-electron chi connectivity index (χ4n) is 4.86. The second-order valence-corrected chi connectivity index (χ2v) is 14.0. The molecule has 2 unspecified atom stereocenters. The number of thiophene rings is 1. The molecular weight excluding hydrogens is 561 g/mol. The van der Waals surface area contributed by atoms with Gasteiger partial charge in [-0.25, -0.2) is 13.4 Å². The third-order valence-corrected chi connectivity index (χ3v) is 11.4. The number of hydrogen-bond donors (Lipinski definition) is 3. The number of amides is 1. The largest absolute Gasteiger partial charge is 0.466 e. The van der Waals surface area contributed by atoms with Crippen molar-refractivity contribution in [3.63, 3.8) is 0 Å². The molecule has 0 bridgehead atoms. The summed E-state index contributed by atoms with van der Waals surface area (Å²) in [7, 11) is -3.90. The number of ether oxygens (including phenoxy) is 1. The standard InChI is InChI=1S/C25H30N6O5S3/c1-3-36-21(32)11-17-13-30(39(34,35)22-10-16-9-15(23(26)27)4-5-19(16)37-22)6-7-31(17)25(33)24-29-18-8-14(2)28-12-20(18)38-24/h4-5,9-10,14,17,28H,3,6-8,11-13H2,1-2H3,(H3,26,27). The number of rotatable bonds is 7. The number of esters is 1. The van der Waals surface area contributed by atoms with E-state index in [1.54, 1.807) is 36.1 Å². The molecule has 5 rings (SSSR count). The first-order valence-corrected chi connectivity index (χ1v) is 15.7. The number of amidine groups is 1. The van der Waals surface area contributed by atoms with Gasteiger partial charge in [0.25, 0.3) is 15.9 Å². The highest BCUT2D eigenvalue weighted by Gasteiger charge is 2.39. The monoisotopic (exact) mass is 590 g/mol. The molecule has 1 saturated heterocycles. The molecule has 1 fully saturated rings. The highest BCUT2D eigenvalue weighted by Crippen LogP contribution is 2.33. The number of nitrogens with zero attached hydrogens (tertiary/aromatic N) is 3. The van der Waals surface area contributed by atoms with Crippen molar-refractivity contribution in [2.24, 2.45) is 5.73 Å². The Bertz CT molecular complexity index is 1550. The van der Waals surface area contributed by atoms with E-state index in [2.05, 4.69) is 17.2 Å². The number of benzene rings is 1. The SMILES string of the molecule is CCOC(=O)CC1CN(S(=O)(=O)c2cc3cc(C(=N)N)ccc3s2)CCN1C(=O)c1nc2c(s1)CNC(C)C2. The van der Waals surface area contributed by atoms with Crippen molar-refractivity contribution in [2.75, 3.05) is 26.2 Å². The number of piperazine rings is 1. The van der Waals surface area contributed by atoms with Crippen LogP contribution in [0.15, 0.2) is 28.5 Å². The Morgan fingerprint density at radius 1 is 1.26 bits per heavy atom. The predicted molar refractivity (Wildman–Crippen MR) is 150 cm³/mol. The van der Waals surface area contributed by atoms with Crippen LogP contribution in [0.5, 0.6) is 0 Å². The molecule has 0 aliphatic carbocycles. The van der Waals surface area contributed by atoms with Crippen LogP contribution in [-0.4, -0.2) is 78.6 Å². The van der Waals surface area contributed by atoms with Crippen LogP contribution in [0.25, 0.3) is 10.1 Å². The van der Waals surface area contributed by atoms with E-state index in [1.165, 1.54) is 15.6 Å². The Kier molecular flexibility index (Phi) is 7.75. The fourth-order valence-corrected chi connectivity index (χ4v) is 8.86. The second-order valence-electron chi connectivity index (χ2n) is 9.63. The van der Waals surface area contributed by atoms with Gasteiger partial charge in [-0.3, -0.25) is 15.0 Å². The summed E-state index contributed by atoms with van der Waals surface area (Å²) < 4.78 is 34.7. The van der Waals surface area contributed by atoms with E-state index in [-0.39, 0.29) is 54.7 Å². The van der Waals surface area contributed by atoms with Crippen LogP contribution in [0.3, 0.4) is 0 Å². The van der Waals surface area contributed by atoms with E-state index < -0.39 is 22.0 Å². The molecule has 4 N–H and O–H groups in total. The second kappa shape index (κ2) is 10.9. The molecule has 208 valence electrons. The number of thiazole rings is 1. The van der Waals surface area contributed by atoms with Crippen LogP contribution in [-0.2, 0) is 32.5 Å². The highest BCUT2D eigenvalue weighted by atomic mass is 32.2. The van der Waals surface area contributed by atoms with Gasteiger partial charge < -0.3 is 20.7 Å². The molecule has 2 aromatic heterocycles. The molecule has 1 amide bonds. The summed E-state index contributed by atoms with van der Waals surface area (Å²) in [6.45, 7) is 4.79. The summed E-state index contributed by atoms with van der Waals surface area (Å²) in [5.74, 6) is -0.886. The first-order chi connectivity index (χ1) is 18.6. The molecule has 1 aromatic carbocycles. The van der Waals surface area contributed by atoms with Crippen LogP contribution < -0.4 is 11.1 Å². The maximum Gasteiger partial charge on any atom is 0.307 e. The molecule has 11 nitrogen and oxygen atoms in total. The van der Waals surface area contributed by atoms with E-state index in [4.69, 9.17) is 15.9 Å². The maximum absolute atomic E-state index is 13.7. The van der Waals surface area contributed by atoms with E-state index in [9.17, 15) is 18.0 Å². The number of carbonyl (C=O) groups excluding carboxylic acids is 2. The Balaban J connectivity index is 1.40. The third-order valence-electron chi connectivity index (χ3n) is 6.88. The average molecular weight is 591 g/mol. The van der Waals surface area contributed by atoms with Crippen molar-refractivity contribution >= 4 is 60.5 Å². The lowest BCUT2D eigenvalue weighted by Gasteiger charge is -2.39. The molecule has 0 saturated carbocycles. The van der Waals surface area contributed by atoms with E-state index in [0.29, 0.717) is 22.5 Å². The first-order valence-electron chi connectivity index (χ1n) is 12.6. The number of carbonyl (C=O) groups is 2. The Morgan fingerprint density at radius 3 is 2.79 bits per heavy atom. The van der Waals surface area contributed by atoms with Crippen molar-refractivity contribution in [2.45, 2.75) is 49.5 Å². The average Bonchev–Trinajstić information content (AvgIpc) is 3.52. The van der Waals surface area contributed by atoms with E-state index in [0.717, 1.165) is 33.0 Å². The zero-order chi connectivity index (χ0) is 27.9. The minimum atomic E-state index is -3.90. The van der Waals surface area contributed by atoms with Gasteiger partial charge >= 0.3 is 5.97 Å². The smallest absolute Gasteiger partial charge is 0.307 e. The molecule has 14 heteroatoms. The van der Waals surface area contributed by atoms with Crippen molar-refractivity contribution in [1.29, 1.82) is 5.41 Å². The number of sulfonamides is 1. The van der Waals surface area contributed by atoms with E-state index >= 15 is 0 Å². The summed E-state index contributed by atoms with van der Waals surface area (Å²) in [4.78, 5) is 33.2. The summed E-state index contributed by atoms with van der Waals surface area (Å²) in [6, 6.07) is 6.28. The van der Waals surface area contributed by atoms with Crippen molar-refractivity contribution in [1.82, 2.24) is 19.5 Å². The van der Waals surface area contributed by atoms with Crippen molar-refractivity contribution < 1.29 is 22.7 Å². The summed E-state index contributed by atoms with van der Waals surface area (Å²) >= 11 is 2.48. The normalized spacial score (nSPS) is 20.1. The molecule has 3 aromatic rings. The first kappa shape index (κ1) is 27.6. The van der Waals surface area contributed by atoms with Crippen LogP contribution in [0.2, 0.25) is 0 Å². The lowest BCUT2D eigenvalue weighted by Crippen LogP contribution is -2.57. The van der Waals surface area contributed by atoms with Crippen molar-refractivity contribution in [3.8, 4) is 0 Å². The summed E-state index contributed by atoms with van der Waals surface area (Å²) in [6.07, 6.45) is 0.615. The minimum Gasteiger partial charge on any atom is -0.466 e. The van der Waals surface area contributed by atoms with Gasteiger partial charge in [-0.15, -0.1) is 22.7 Å². The van der Waals surface area contributed by atoms with Gasteiger partial charge in [0.05, 0.1) is 24.8 Å². The fraction of sp³-hybridized carbons (Fsp3) is 0.440. The van der Waals surface area contributed by atoms with E-state index in [1.807, 2.05) is 0 Å². The lowest BCUT2D eigenvalue weighted by molar-refractivity contribution is -0.144. The third kappa shape index (κ3) is 5.57. The minimum absolute atomic E-state index is 0.0382. The lowest BCUT2D eigenvalue weighted by atomic mass is 10.1. The number of aromatic nitrogens is 1. The van der Waals surface area contributed by atoms with Crippen LogP contribution in [0, 0.1) is 5.41 Å². The molecule has 2 aliphatic rings. The highest BCUT2D eigenvalue weighted by molar-refractivity contribution is 7.91. The molecule has 39 heavy (non-hydrogen) atoms. The Labute approximate surface area is 234 Å². The van der Waals surface area contributed by atoms with Gasteiger partial charge in [0.2, 0.25) is 0 Å². The molecule has 0 radical (unpaired) electrons. The Hall–Kier alpha value is -2.91.